The molecule has 1 aromatic carbocycles. The summed E-state index contributed by atoms with van der Waals surface area (Å²) in [4.78, 5) is 22.1. The molecule has 3 heterocycles. The van der Waals surface area contributed by atoms with Gasteiger partial charge < -0.3 is 4.98 Å². The van der Waals surface area contributed by atoms with Gasteiger partial charge in [-0.25, -0.2) is 4.98 Å². The van der Waals surface area contributed by atoms with Crippen LogP contribution in [0.25, 0.3) is 20.4 Å². The molecule has 4 nitrogen and oxygen atoms in total. The SMILES string of the molecule is Cc1ccc(Cn2c(=S)[nH]c3sc4ncccc4c3c2=O)cc1. The van der Waals surface area contributed by atoms with Crippen LogP contribution >= 0.6 is 23.6 Å². The number of aryl methyl sites for hydroxylation is 1. The van der Waals surface area contributed by atoms with E-state index in [0.29, 0.717) is 16.7 Å². The smallest absolute Gasteiger partial charge is 0.264 e. The van der Waals surface area contributed by atoms with Crippen LogP contribution in [-0.2, 0) is 6.54 Å². The summed E-state index contributed by atoms with van der Waals surface area (Å²) in [5.41, 5.74) is 2.18. The van der Waals surface area contributed by atoms with Crippen LogP contribution in [0, 0.1) is 11.7 Å². The minimum Gasteiger partial charge on any atom is -0.323 e. The Hall–Kier alpha value is -2.31. The van der Waals surface area contributed by atoms with Gasteiger partial charge in [0.2, 0.25) is 0 Å². The zero-order valence-corrected chi connectivity index (χ0v) is 14.0. The maximum absolute atomic E-state index is 13.0. The topological polar surface area (TPSA) is 50.7 Å². The largest absolute Gasteiger partial charge is 0.323 e. The van der Waals surface area contributed by atoms with E-state index in [-0.39, 0.29) is 5.56 Å². The Kier molecular flexibility index (Phi) is 3.36. The first-order chi connectivity index (χ1) is 11.1. The molecule has 0 bridgehead atoms. The average molecular weight is 339 g/mol. The Labute approximate surface area is 141 Å². The Balaban J connectivity index is 1.96. The van der Waals surface area contributed by atoms with E-state index < -0.39 is 0 Å². The highest BCUT2D eigenvalue weighted by atomic mass is 32.1. The van der Waals surface area contributed by atoms with Gasteiger partial charge in [0.05, 0.1) is 11.9 Å². The third-order valence-electron chi connectivity index (χ3n) is 3.85. The number of H-pyrrole nitrogens is 1. The number of aromatic amines is 1. The predicted molar refractivity (Wildman–Crippen MR) is 96.9 cm³/mol. The molecular formula is C17H13N3OS2. The molecule has 23 heavy (non-hydrogen) atoms. The normalized spacial score (nSPS) is 11.3. The maximum Gasteiger partial charge on any atom is 0.264 e. The molecule has 0 amide bonds. The summed E-state index contributed by atoms with van der Waals surface area (Å²) in [5, 5.41) is 1.54. The monoisotopic (exact) mass is 339 g/mol. The van der Waals surface area contributed by atoms with Crippen LogP contribution < -0.4 is 5.56 Å². The van der Waals surface area contributed by atoms with Crippen LogP contribution in [0.1, 0.15) is 11.1 Å². The van der Waals surface area contributed by atoms with E-state index in [4.69, 9.17) is 12.2 Å². The molecule has 3 aromatic heterocycles. The number of pyridine rings is 1. The molecule has 0 aliphatic carbocycles. The highest BCUT2D eigenvalue weighted by Crippen LogP contribution is 2.28. The Morgan fingerprint density at radius 2 is 2.04 bits per heavy atom. The lowest BCUT2D eigenvalue weighted by Crippen LogP contribution is -2.22. The van der Waals surface area contributed by atoms with Gasteiger partial charge in [0.1, 0.15) is 9.66 Å². The standard InChI is InChI=1S/C17H13N3OS2/c1-10-4-6-11(7-5-10)9-20-16(21)13-12-3-2-8-18-14(12)23-15(13)19-17(20)22/h2-8H,9H2,1H3,(H,19,22). The summed E-state index contributed by atoms with van der Waals surface area (Å²) in [5.74, 6) is 0. The van der Waals surface area contributed by atoms with Crippen molar-refractivity contribution < 1.29 is 0 Å². The third kappa shape index (κ3) is 2.40. The number of hydrogen-bond acceptors (Lipinski definition) is 4. The Morgan fingerprint density at radius 1 is 1.26 bits per heavy atom. The van der Waals surface area contributed by atoms with Crippen molar-refractivity contribution in [2.75, 3.05) is 0 Å². The molecule has 0 saturated carbocycles. The van der Waals surface area contributed by atoms with Gasteiger partial charge in [-0.2, -0.15) is 0 Å². The van der Waals surface area contributed by atoms with Gasteiger partial charge in [-0.1, -0.05) is 41.2 Å². The van der Waals surface area contributed by atoms with Crippen molar-refractivity contribution in [2.45, 2.75) is 13.5 Å². The van der Waals surface area contributed by atoms with Crippen molar-refractivity contribution >= 4 is 44.0 Å². The second kappa shape index (κ2) is 5.40. The van der Waals surface area contributed by atoms with Gasteiger partial charge >= 0.3 is 0 Å². The van der Waals surface area contributed by atoms with Crippen LogP contribution in [0.15, 0.2) is 47.4 Å². The van der Waals surface area contributed by atoms with E-state index >= 15 is 0 Å². The molecule has 4 rings (SSSR count). The highest BCUT2D eigenvalue weighted by molar-refractivity contribution is 7.71. The van der Waals surface area contributed by atoms with Gasteiger partial charge in [0.15, 0.2) is 4.77 Å². The molecule has 0 atom stereocenters. The van der Waals surface area contributed by atoms with Crippen LogP contribution in [0.4, 0.5) is 0 Å². The van der Waals surface area contributed by atoms with Crippen molar-refractivity contribution in [2.24, 2.45) is 0 Å². The molecule has 4 aromatic rings. The molecule has 6 heteroatoms. The van der Waals surface area contributed by atoms with Crippen LogP contribution in [-0.4, -0.2) is 14.5 Å². The van der Waals surface area contributed by atoms with Crippen LogP contribution in [0.3, 0.4) is 0 Å². The third-order valence-corrected chi connectivity index (χ3v) is 5.20. The summed E-state index contributed by atoms with van der Waals surface area (Å²) in [7, 11) is 0. The fourth-order valence-electron chi connectivity index (χ4n) is 2.64. The lowest BCUT2D eigenvalue weighted by atomic mass is 10.1. The van der Waals surface area contributed by atoms with Crippen molar-refractivity contribution in [3.05, 3.63) is 68.8 Å². The quantitative estimate of drug-likeness (QED) is 0.561. The Morgan fingerprint density at radius 3 is 2.83 bits per heavy atom. The number of hydrogen-bond donors (Lipinski definition) is 1. The van der Waals surface area contributed by atoms with E-state index in [9.17, 15) is 4.79 Å². The first-order valence-corrected chi connectivity index (χ1v) is 8.42. The fraction of sp³-hybridized carbons (Fsp3) is 0.118. The average Bonchev–Trinajstić information content (AvgIpc) is 2.91. The van der Waals surface area contributed by atoms with E-state index in [1.807, 2.05) is 43.3 Å². The number of fused-ring (bicyclic) bond motifs is 3. The summed E-state index contributed by atoms with van der Waals surface area (Å²) in [6.07, 6.45) is 1.73. The zero-order chi connectivity index (χ0) is 16.0. The molecule has 0 fully saturated rings. The van der Waals surface area contributed by atoms with Crippen LogP contribution in [0.2, 0.25) is 0 Å². The summed E-state index contributed by atoms with van der Waals surface area (Å²) < 4.78 is 2.05. The summed E-state index contributed by atoms with van der Waals surface area (Å²) in [6.45, 7) is 2.50. The van der Waals surface area contributed by atoms with Gasteiger partial charge in [0, 0.05) is 11.6 Å². The number of thiophene rings is 1. The van der Waals surface area contributed by atoms with E-state index in [0.717, 1.165) is 20.6 Å². The van der Waals surface area contributed by atoms with E-state index in [2.05, 4.69) is 9.97 Å². The number of rotatable bonds is 2. The number of nitrogens with zero attached hydrogens (tertiary/aromatic N) is 2. The van der Waals surface area contributed by atoms with Crippen molar-refractivity contribution in [1.82, 2.24) is 14.5 Å². The fourth-order valence-corrected chi connectivity index (χ4v) is 3.99. The summed E-state index contributed by atoms with van der Waals surface area (Å²) >= 11 is 6.85. The second-order valence-electron chi connectivity index (χ2n) is 5.47. The molecule has 0 spiro atoms. The first kappa shape index (κ1) is 14.3. The molecule has 0 unspecified atom stereocenters. The van der Waals surface area contributed by atoms with Crippen molar-refractivity contribution in [3.8, 4) is 0 Å². The molecule has 114 valence electrons. The van der Waals surface area contributed by atoms with Gasteiger partial charge in [-0.15, -0.1) is 0 Å². The van der Waals surface area contributed by atoms with Gasteiger partial charge in [-0.05, 0) is 36.8 Å². The lowest BCUT2D eigenvalue weighted by molar-refractivity contribution is 0.735. The summed E-state index contributed by atoms with van der Waals surface area (Å²) in [6, 6.07) is 11.9. The van der Waals surface area contributed by atoms with Crippen molar-refractivity contribution in [1.29, 1.82) is 0 Å². The lowest BCUT2D eigenvalue weighted by Gasteiger charge is -2.07. The minimum absolute atomic E-state index is 0.0661. The van der Waals surface area contributed by atoms with E-state index in [1.165, 1.54) is 16.9 Å². The predicted octanol–water partition coefficient (Wildman–Crippen LogP) is 4.03. The minimum atomic E-state index is -0.0661. The van der Waals surface area contributed by atoms with Gasteiger partial charge in [-0.3, -0.25) is 9.36 Å². The van der Waals surface area contributed by atoms with Crippen LogP contribution in [0.5, 0.6) is 0 Å². The maximum atomic E-state index is 13.0. The molecule has 0 radical (unpaired) electrons. The zero-order valence-electron chi connectivity index (χ0n) is 12.4. The second-order valence-corrected chi connectivity index (χ2v) is 6.86. The molecule has 0 aliphatic heterocycles. The molecule has 0 saturated heterocycles. The highest BCUT2D eigenvalue weighted by Gasteiger charge is 2.13. The van der Waals surface area contributed by atoms with Crippen molar-refractivity contribution in [3.63, 3.8) is 0 Å². The molecular weight excluding hydrogens is 326 g/mol. The number of nitrogens with one attached hydrogen (secondary N) is 1. The Bertz CT molecular complexity index is 1140. The number of benzene rings is 1. The number of aromatic nitrogens is 3. The first-order valence-electron chi connectivity index (χ1n) is 7.19. The molecule has 1 N–H and O–H groups in total. The van der Waals surface area contributed by atoms with E-state index in [1.54, 1.807) is 10.8 Å². The van der Waals surface area contributed by atoms with Gasteiger partial charge in [0.25, 0.3) is 5.56 Å². The molecule has 0 aliphatic rings.